The average Bonchev–Trinajstić information content (AvgIpc) is 2.76. The molecule has 0 aromatic carbocycles. The van der Waals surface area contributed by atoms with Crippen molar-refractivity contribution in [1.29, 1.82) is 0 Å². The lowest BCUT2D eigenvalue weighted by atomic mass is 10.2. The Hall–Kier alpha value is -1.32. The molecule has 1 rings (SSSR count). The monoisotopic (exact) mass is 237 g/mol. The van der Waals surface area contributed by atoms with Gasteiger partial charge in [0.15, 0.2) is 0 Å². The smallest absolute Gasteiger partial charge is 0.243 e. The number of carbonyl (C=O) groups is 1. The summed E-state index contributed by atoms with van der Waals surface area (Å²) in [5, 5.41) is 3.03. The largest absolute Gasteiger partial charge is 0.352 e. The Labute approximate surface area is 103 Å². The summed E-state index contributed by atoms with van der Waals surface area (Å²) >= 11 is 0. The van der Waals surface area contributed by atoms with Gasteiger partial charge in [-0.05, 0) is 20.3 Å². The van der Waals surface area contributed by atoms with Gasteiger partial charge in [-0.1, -0.05) is 20.3 Å². The highest BCUT2D eigenvalue weighted by Gasteiger charge is 2.18. The number of nitrogens with zero attached hydrogens (tertiary/aromatic N) is 2. The van der Waals surface area contributed by atoms with Crippen LogP contribution in [0.4, 0.5) is 0 Å². The van der Waals surface area contributed by atoms with Gasteiger partial charge in [0.05, 0.1) is 0 Å². The molecule has 1 aromatic rings. The Morgan fingerprint density at radius 3 is 2.76 bits per heavy atom. The van der Waals surface area contributed by atoms with Crippen LogP contribution in [0.3, 0.4) is 0 Å². The van der Waals surface area contributed by atoms with Gasteiger partial charge < -0.3 is 9.88 Å². The first kappa shape index (κ1) is 13.7. The van der Waals surface area contributed by atoms with Crippen LogP contribution in [0.15, 0.2) is 12.4 Å². The van der Waals surface area contributed by atoms with Crippen molar-refractivity contribution in [2.75, 3.05) is 0 Å². The first-order chi connectivity index (χ1) is 8.10. The highest BCUT2D eigenvalue weighted by Crippen LogP contribution is 2.10. The minimum Gasteiger partial charge on any atom is -0.352 e. The maximum atomic E-state index is 12.0. The third kappa shape index (κ3) is 3.58. The van der Waals surface area contributed by atoms with Crippen LogP contribution >= 0.6 is 0 Å². The van der Waals surface area contributed by atoms with Crippen LogP contribution in [-0.2, 0) is 11.2 Å². The number of carbonyl (C=O) groups excluding carboxylic acids is 1. The maximum Gasteiger partial charge on any atom is 0.243 e. The van der Waals surface area contributed by atoms with Gasteiger partial charge in [0, 0.05) is 24.9 Å². The van der Waals surface area contributed by atoms with Gasteiger partial charge in [-0.25, -0.2) is 4.98 Å². The molecule has 0 fully saturated rings. The fourth-order valence-electron chi connectivity index (χ4n) is 1.97. The zero-order valence-corrected chi connectivity index (χ0v) is 11.2. The Morgan fingerprint density at radius 2 is 2.18 bits per heavy atom. The Morgan fingerprint density at radius 1 is 1.47 bits per heavy atom. The molecule has 2 atom stereocenters. The molecular weight excluding hydrogens is 214 g/mol. The molecule has 2 unspecified atom stereocenters. The first-order valence-electron chi connectivity index (χ1n) is 6.42. The number of hydrogen-bond donors (Lipinski definition) is 1. The number of aromatic nitrogens is 2. The predicted molar refractivity (Wildman–Crippen MR) is 68.8 cm³/mol. The molecular formula is C13H23N3O. The van der Waals surface area contributed by atoms with E-state index in [1.165, 1.54) is 0 Å². The second kappa shape index (κ2) is 6.42. The lowest BCUT2D eigenvalue weighted by molar-refractivity contribution is -0.124. The molecule has 0 bridgehead atoms. The number of aryl methyl sites for hydroxylation is 1. The second-order valence-electron chi connectivity index (χ2n) is 4.48. The second-order valence-corrected chi connectivity index (χ2v) is 4.48. The van der Waals surface area contributed by atoms with Crippen LogP contribution in [0, 0.1) is 0 Å². The zero-order valence-electron chi connectivity index (χ0n) is 11.2. The SMILES string of the molecule is CCCC(C)NC(=O)C(C)n1ccnc1CC. The summed E-state index contributed by atoms with van der Waals surface area (Å²) in [7, 11) is 0. The van der Waals surface area contributed by atoms with E-state index in [2.05, 4.69) is 17.2 Å². The molecule has 96 valence electrons. The summed E-state index contributed by atoms with van der Waals surface area (Å²) in [6, 6.07) is 0.0512. The normalized spacial score (nSPS) is 14.4. The van der Waals surface area contributed by atoms with Crippen molar-refractivity contribution in [2.24, 2.45) is 0 Å². The highest BCUT2D eigenvalue weighted by molar-refractivity contribution is 5.80. The van der Waals surface area contributed by atoms with Crippen molar-refractivity contribution in [2.45, 2.75) is 59.0 Å². The van der Waals surface area contributed by atoms with E-state index in [0.717, 1.165) is 25.1 Å². The molecule has 0 saturated carbocycles. The Bertz CT molecular complexity index is 359. The molecule has 0 saturated heterocycles. The maximum absolute atomic E-state index is 12.0. The third-order valence-electron chi connectivity index (χ3n) is 2.97. The molecule has 0 aliphatic rings. The van der Waals surface area contributed by atoms with Crippen molar-refractivity contribution in [3.8, 4) is 0 Å². The Kier molecular flexibility index (Phi) is 5.19. The fraction of sp³-hybridized carbons (Fsp3) is 0.692. The standard InChI is InChI=1S/C13H23N3O/c1-5-7-10(3)15-13(17)11(4)16-9-8-14-12(16)6-2/h8-11H,5-7H2,1-4H3,(H,15,17). The molecule has 1 heterocycles. The molecule has 0 spiro atoms. The summed E-state index contributed by atoms with van der Waals surface area (Å²) in [5.74, 6) is 1.02. The van der Waals surface area contributed by atoms with E-state index in [1.54, 1.807) is 6.20 Å². The van der Waals surface area contributed by atoms with Gasteiger partial charge in [-0.2, -0.15) is 0 Å². The van der Waals surface area contributed by atoms with Crippen molar-refractivity contribution in [3.63, 3.8) is 0 Å². The summed E-state index contributed by atoms with van der Waals surface area (Å²) in [4.78, 5) is 16.3. The van der Waals surface area contributed by atoms with Crippen LogP contribution in [0.1, 0.15) is 52.4 Å². The number of rotatable bonds is 6. The van der Waals surface area contributed by atoms with E-state index in [0.29, 0.717) is 0 Å². The summed E-state index contributed by atoms with van der Waals surface area (Å²) in [5.41, 5.74) is 0. The molecule has 0 aliphatic carbocycles. The molecule has 1 amide bonds. The fourth-order valence-corrected chi connectivity index (χ4v) is 1.97. The van der Waals surface area contributed by atoms with Gasteiger partial charge >= 0.3 is 0 Å². The predicted octanol–water partition coefficient (Wildman–Crippen LogP) is 2.31. The third-order valence-corrected chi connectivity index (χ3v) is 2.97. The Balaban J connectivity index is 2.63. The lowest BCUT2D eigenvalue weighted by Crippen LogP contribution is -2.37. The topological polar surface area (TPSA) is 46.9 Å². The molecule has 17 heavy (non-hydrogen) atoms. The van der Waals surface area contributed by atoms with E-state index in [9.17, 15) is 4.79 Å². The van der Waals surface area contributed by atoms with Crippen LogP contribution in [0.25, 0.3) is 0 Å². The molecule has 1 aromatic heterocycles. The number of imidazole rings is 1. The summed E-state index contributed by atoms with van der Waals surface area (Å²) in [6.07, 6.45) is 6.56. The quantitative estimate of drug-likeness (QED) is 0.825. The highest BCUT2D eigenvalue weighted by atomic mass is 16.2. The number of amides is 1. The summed E-state index contributed by atoms with van der Waals surface area (Å²) in [6.45, 7) is 8.12. The van der Waals surface area contributed by atoms with E-state index < -0.39 is 0 Å². The van der Waals surface area contributed by atoms with Crippen LogP contribution < -0.4 is 5.32 Å². The number of hydrogen-bond acceptors (Lipinski definition) is 2. The first-order valence-corrected chi connectivity index (χ1v) is 6.42. The van der Waals surface area contributed by atoms with E-state index in [-0.39, 0.29) is 18.0 Å². The van der Waals surface area contributed by atoms with Gasteiger partial charge in [0.1, 0.15) is 11.9 Å². The van der Waals surface area contributed by atoms with E-state index in [1.807, 2.05) is 31.5 Å². The van der Waals surface area contributed by atoms with Crippen molar-refractivity contribution in [3.05, 3.63) is 18.2 Å². The summed E-state index contributed by atoms with van der Waals surface area (Å²) < 4.78 is 1.94. The van der Waals surface area contributed by atoms with Crippen LogP contribution in [-0.4, -0.2) is 21.5 Å². The number of nitrogens with one attached hydrogen (secondary N) is 1. The molecule has 4 heteroatoms. The average molecular weight is 237 g/mol. The van der Waals surface area contributed by atoms with Crippen molar-refractivity contribution in [1.82, 2.24) is 14.9 Å². The lowest BCUT2D eigenvalue weighted by Gasteiger charge is -2.19. The van der Waals surface area contributed by atoms with E-state index >= 15 is 0 Å². The van der Waals surface area contributed by atoms with Crippen molar-refractivity contribution >= 4 is 5.91 Å². The van der Waals surface area contributed by atoms with E-state index in [4.69, 9.17) is 0 Å². The van der Waals surface area contributed by atoms with Gasteiger partial charge in [0.25, 0.3) is 0 Å². The van der Waals surface area contributed by atoms with Gasteiger partial charge in [-0.15, -0.1) is 0 Å². The van der Waals surface area contributed by atoms with Gasteiger partial charge in [0.2, 0.25) is 5.91 Å². The minimum absolute atomic E-state index is 0.0682. The molecule has 0 aliphatic heterocycles. The molecule has 0 radical (unpaired) electrons. The van der Waals surface area contributed by atoms with Crippen molar-refractivity contribution < 1.29 is 4.79 Å². The molecule has 1 N–H and O–H groups in total. The van der Waals surface area contributed by atoms with Crippen LogP contribution in [0.2, 0.25) is 0 Å². The minimum atomic E-state index is -0.188. The van der Waals surface area contributed by atoms with Crippen LogP contribution in [0.5, 0.6) is 0 Å². The van der Waals surface area contributed by atoms with Gasteiger partial charge in [-0.3, -0.25) is 4.79 Å². The molecule has 4 nitrogen and oxygen atoms in total. The zero-order chi connectivity index (χ0) is 12.8.